The topological polar surface area (TPSA) is 24.5 Å². The lowest BCUT2D eigenvalue weighted by molar-refractivity contribution is -0.0526. The second-order valence-electron chi connectivity index (χ2n) is 7.14. The van der Waals surface area contributed by atoms with Gasteiger partial charge in [0, 0.05) is 12.6 Å². The van der Waals surface area contributed by atoms with Gasteiger partial charge in [0.05, 0.1) is 11.7 Å². The predicted molar refractivity (Wildman–Crippen MR) is 83.1 cm³/mol. The molecule has 0 aromatic heterocycles. The number of rotatable bonds is 5. The van der Waals surface area contributed by atoms with Crippen LogP contribution < -0.4 is 5.32 Å². The van der Waals surface area contributed by atoms with Crippen molar-refractivity contribution < 1.29 is 4.74 Å². The van der Waals surface area contributed by atoms with Crippen LogP contribution in [0.2, 0.25) is 0 Å². The van der Waals surface area contributed by atoms with Crippen molar-refractivity contribution in [2.45, 2.75) is 82.5 Å². The molecule has 2 saturated heterocycles. The zero-order valence-electron chi connectivity index (χ0n) is 13.2. The lowest BCUT2D eigenvalue weighted by Gasteiger charge is -2.36. The number of ether oxygens (including phenoxy) is 1. The number of piperidine rings is 1. The zero-order chi connectivity index (χ0) is 13.8. The van der Waals surface area contributed by atoms with Crippen LogP contribution in [0.15, 0.2) is 0 Å². The molecule has 0 aromatic carbocycles. The molecule has 0 bridgehead atoms. The van der Waals surface area contributed by atoms with E-state index in [2.05, 4.69) is 17.1 Å². The minimum Gasteiger partial charge on any atom is -0.370 e. The smallest absolute Gasteiger partial charge is 0.0710 e. The molecule has 2 heterocycles. The molecule has 3 heteroatoms. The molecular formula is C17H32N2O. The minimum absolute atomic E-state index is 0.302. The molecule has 116 valence electrons. The van der Waals surface area contributed by atoms with Gasteiger partial charge >= 0.3 is 0 Å². The van der Waals surface area contributed by atoms with E-state index in [9.17, 15) is 0 Å². The van der Waals surface area contributed by atoms with Gasteiger partial charge in [0.25, 0.3) is 0 Å². The normalized spacial score (nSPS) is 30.6. The van der Waals surface area contributed by atoms with Crippen LogP contribution >= 0.6 is 0 Å². The summed E-state index contributed by atoms with van der Waals surface area (Å²) in [7, 11) is 0. The van der Waals surface area contributed by atoms with Crippen molar-refractivity contribution in [2.75, 3.05) is 26.2 Å². The monoisotopic (exact) mass is 280 g/mol. The Kier molecular flexibility index (Phi) is 5.00. The molecule has 3 aliphatic rings. The molecule has 3 fully saturated rings. The first-order valence-corrected chi connectivity index (χ1v) is 8.94. The van der Waals surface area contributed by atoms with E-state index in [4.69, 9.17) is 4.74 Å². The van der Waals surface area contributed by atoms with E-state index < -0.39 is 0 Å². The fraction of sp³-hybridized carbons (Fsp3) is 1.00. The lowest BCUT2D eigenvalue weighted by atomic mass is 9.98. The summed E-state index contributed by atoms with van der Waals surface area (Å²) in [5.41, 5.74) is 0.302. The van der Waals surface area contributed by atoms with E-state index in [1.54, 1.807) is 0 Å². The molecule has 0 aromatic rings. The van der Waals surface area contributed by atoms with E-state index in [1.807, 2.05) is 0 Å². The van der Waals surface area contributed by atoms with E-state index in [1.165, 1.54) is 84.0 Å². The van der Waals surface area contributed by atoms with Gasteiger partial charge in [0.15, 0.2) is 0 Å². The first kappa shape index (κ1) is 14.8. The van der Waals surface area contributed by atoms with E-state index in [0.717, 1.165) is 6.04 Å². The third-order valence-electron chi connectivity index (χ3n) is 5.63. The molecule has 1 N–H and O–H groups in total. The van der Waals surface area contributed by atoms with Gasteiger partial charge in [0.2, 0.25) is 0 Å². The summed E-state index contributed by atoms with van der Waals surface area (Å²) in [5, 5.41) is 3.49. The maximum Gasteiger partial charge on any atom is 0.0710 e. The molecule has 20 heavy (non-hydrogen) atoms. The zero-order valence-corrected chi connectivity index (χ0v) is 13.2. The highest BCUT2D eigenvalue weighted by atomic mass is 16.5. The maximum atomic E-state index is 6.52. The molecule has 0 amide bonds. The Balaban J connectivity index is 1.53. The van der Waals surface area contributed by atoms with Crippen molar-refractivity contribution in [1.82, 2.24) is 10.2 Å². The Morgan fingerprint density at radius 2 is 1.85 bits per heavy atom. The van der Waals surface area contributed by atoms with Gasteiger partial charge in [-0.3, -0.25) is 4.90 Å². The fourth-order valence-corrected chi connectivity index (χ4v) is 4.55. The molecule has 0 radical (unpaired) electrons. The Morgan fingerprint density at radius 1 is 1.10 bits per heavy atom. The summed E-state index contributed by atoms with van der Waals surface area (Å²) in [4.78, 5) is 2.74. The highest BCUT2D eigenvalue weighted by Crippen LogP contribution is 2.43. The number of nitrogens with one attached hydrogen (secondary N) is 1. The standard InChI is InChI=1S/C17H32N2O/c1-2-13-19(15-6-11-18-12-7-15)14-16-5-10-17(20-16)8-3-4-9-17/h15-16,18H,2-14H2,1H3. The van der Waals surface area contributed by atoms with Crippen molar-refractivity contribution in [3.8, 4) is 0 Å². The summed E-state index contributed by atoms with van der Waals surface area (Å²) < 4.78 is 6.52. The summed E-state index contributed by atoms with van der Waals surface area (Å²) in [5.74, 6) is 0. The summed E-state index contributed by atoms with van der Waals surface area (Å²) in [6, 6.07) is 0.792. The van der Waals surface area contributed by atoms with Gasteiger partial charge in [0.1, 0.15) is 0 Å². The van der Waals surface area contributed by atoms with Crippen molar-refractivity contribution >= 4 is 0 Å². The highest BCUT2D eigenvalue weighted by molar-refractivity contribution is 4.94. The third-order valence-corrected chi connectivity index (χ3v) is 5.63. The first-order chi connectivity index (χ1) is 9.81. The highest BCUT2D eigenvalue weighted by Gasteiger charge is 2.42. The second-order valence-corrected chi connectivity index (χ2v) is 7.14. The molecule has 1 atom stereocenters. The van der Waals surface area contributed by atoms with Crippen LogP contribution in [0.1, 0.15) is 64.7 Å². The number of hydrogen-bond donors (Lipinski definition) is 1. The average Bonchev–Trinajstić information content (AvgIpc) is 3.10. The molecule has 1 aliphatic carbocycles. The first-order valence-electron chi connectivity index (χ1n) is 8.94. The number of nitrogens with zero attached hydrogens (tertiary/aromatic N) is 1. The van der Waals surface area contributed by atoms with Crippen molar-refractivity contribution in [1.29, 1.82) is 0 Å². The summed E-state index contributed by atoms with van der Waals surface area (Å²) in [6.45, 7) is 7.13. The molecule has 1 spiro atoms. The van der Waals surface area contributed by atoms with Crippen LogP contribution in [0.3, 0.4) is 0 Å². The molecule has 1 unspecified atom stereocenters. The van der Waals surface area contributed by atoms with Gasteiger partial charge in [-0.05, 0) is 64.6 Å². The largest absolute Gasteiger partial charge is 0.370 e. The Bertz CT molecular complexity index is 295. The van der Waals surface area contributed by atoms with Gasteiger partial charge in [-0.25, -0.2) is 0 Å². The van der Waals surface area contributed by atoms with E-state index in [0.29, 0.717) is 11.7 Å². The van der Waals surface area contributed by atoms with Crippen LogP contribution in [0, 0.1) is 0 Å². The average molecular weight is 280 g/mol. The van der Waals surface area contributed by atoms with Gasteiger partial charge < -0.3 is 10.1 Å². The molecule has 3 rings (SSSR count). The van der Waals surface area contributed by atoms with Crippen molar-refractivity contribution in [3.63, 3.8) is 0 Å². The molecular weight excluding hydrogens is 248 g/mol. The fourth-order valence-electron chi connectivity index (χ4n) is 4.55. The minimum atomic E-state index is 0.302. The predicted octanol–water partition coefficient (Wildman–Crippen LogP) is 2.94. The molecule has 2 aliphatic heterocycles. The van der Waals surface area contributed by atoms with Crippen LogP contribution in [0.25, 0.3) is 0 Å². The molecule has 3 nitrogen and oxygen atoms in total. The Labute approximate surface area is 124 Å². The van der Waals surface area contributed by atoms with E-state index >= 15 is 0 Å². The lowest BCUT2D eigenvalue weighted by Crippen LogP contribution is -2.46. The quantitative estimate of drug-likeness (QED) is 0.838. The summed E-state index contributed by atoms with van der Waals surface area (Å²) in [6.07, 6.45) is 12.5. The van der Waals surface area contributed by atoms with Crippen LogP contribution in [0.5, 0.6) is 0 Å². The SMILES string of the molecule is CCCN(CC1CCC2(CCCC2)O1)C1CCNCC1. The Hall–Kier alpha value is -0.120. The summed E-state index contributed by atoms with van der Waals surface area (Å²) >= 11 is 0. The maximum absolute atomic E-state index is 6.52. The van der Waals surface area contributed by atoms with Crippen LogP contribution in [0.4, 0.5) is 0 Å². The van der Waals surface area contributed by atoms with E-state index in [-0.39, 0.29) is 0 Å². The van der Waals surface area contributed by atoms with Gasteiger partial charge in [-0.2, -0.15) is 0 Å². The second kappa shape index (κ2) is 6.76. The Morgan fingerprint density at radius 3 is 2.55 bits per heavy atom. The van der Waals surface area contributed by atoms with Crippen LogP contribution in [-0.4, -0.2) is 48.8 Å². The van der Waals surface area contributed by atoms with Crippen molar-refractivity contribution in [3.05, 3.63) is 0 Å². The van der Waals surface area contributed by atoms with Gasteiger partial charge in [-0.15, -0.1) is 0 Å². The third kappa shape index (κ3) is 3.37. The van der Waals surface area contributed by atoms with Crippen LogP contribution in [-0.2, 0) is 4.74 Å². The number of hydrogen-bond acceptors (Lipinski definition) is 3. The van der Waals surface area contributed by atoms with Crippen molar-refractivity contribution in [2.24, 2.45) is 0 Å². The van der Waals surface area contributed by atoms with Gasteiger partial charge in [-0.1, -0.05) is 19.8 Å². The molecule has 1 saturated carbocycles.